The number of benzene rings is 1. The number of rotatable bonds is 4. The van der Waals surface area contributed by atoms with Crippen molar-refractivity contribution in [3.05, 3.63) is 33.9 Å². The molecule has 1 amide bonds. The molecule has 0 aliphatic carbocycles. The van der Waals surface area contributed by atoms with E-state index in [2.05, 4.69) is 5.32 Å². The molecule has 0 spiro atoms. The predicted molar refractivity (Wildman–Crippen MR) is 69.3 cm³/mol. The van der Waals surface area contributed by atoms with Crippen molar-refractivity contribution in [2.24, 2.45) is 5.73 Å². The van der Waals surface area contributed by atoms with Gasteiger partial charge in [0.2, 0.25) is 5.91 Å². The van der Waals surface area contributed by atoms with Crippen LogP contribution in [-0.4, -0.2) is 16.4 Å². The van der Waals surface area contributed by atoms with Gasteiger partial charge in [-0.2, -0.15) is 0 Å². The number of carbonyl (C=O) groups is 1. The third-order valence-electron chi connectivity index (χ3n) is 2.85. The second-order valence-corrected chi connectivity index (χ2v) is 4.50. The fourth-order valence-electron chi connectivity index (χ4n) is 1.32. The lowest BCUT2D eigenvalue weighted by Crippen LogP contribution is -2.47. The molecule has 6 nitrogen and oxygen atoms in total. The van der Waals surface area contributed by atoms with Crippen LogP contribution in [0.3, 0.4) is 0 Å². The second kappa shape index (κ2) is 5.14. The van der Waals surface area contributed by atoms with Crippen molar-refractivity contribution in [3.63, 3.8) is 0 Å². The van der Waals surface area contributed by atoms with Crippen LogP contribution in [-0.2, 0) is 4.79 Å². The van der Waals surface area contributed by atoms with Gasteiger partial charge in [0, 0.05) is 6.07 Å². The molecular formula is C12H17N3O3. The van der Waals surface area contributed by atoms with E-state index in [-0.39, 0.29) is 11.4 Å². The number of nitro groups is 1. The normalized spacial score (nSPS) is 13.8. The zero-order valence-electron chi connectivity index (χ0n) is 10.7. The molecule has 1 aromatic carbocycles. The molecule has 0 aliphatic rings. The Morgan fingerprint density at radius 2 is 2.17 bits per heavy atom. The van der Waals surface area contributed by atoms with Gasteiger partial charge in [-0.1, -0.05) is 13.0 Å². The minimum Gasteiger partial charge on any atom is -0.319 e. The van der Waals surface area contributed by atoms with Gasteiger partial charge in [-0.25, -0.2) is 0 Å². The van der Waals surface area contributed by atoms with Gasteiger partial charge in [0.1, 0.15) is 5.69 Å². The average molecular weight is 251 g/mol. The molecule has 3 N–H and O–H groups in total. The Hall–Kier alpha value is -1.95. The summed E-state index contributed by atoms with van der Waals surface area (Å²) in [5.74, 6) is -0.433. The van der Waals surface area contributed by atoms with Crippen LogP contribution in [0.4, 0.5) is 11.4 Å². The molecule has 0 saturated heterocycles. The van der Waals surface area contributed by atoms with Gasteiger partial charge in [-0.15, -0.1) is 0 Å². The van der Waals surface area contributed by atoms with E-state index in [0.29, 0.717) is 6.42 Å². The Balaban J connectivity index is 3.05. The number of hydrogen-bond donors (Lipinski definition) is 2. The third-order valence-corrected chi connectivity index (χ3v) is 2.85. The van der Waals surface area contributed by atoms with Crippen molar-refractivity contribution in [3.8, 4) is 0 Å². The summed E-state index contributed by atoms with van der Waals surface area (Å²) >= 11 is 0. The molecule has 0 saturated carbocycles. The zero-order chi connectivity index (χ0) is 13.9. The summed E-state index contributed by atoms with van der Waals surface area (Å²) in [7, 11) is 0. The Morgan fingerprint density at radius 3 is 2.67 bits per heavy atom. The van der Waals surface area contributed by atoms with Crippen LogP contribution < -0.4 is 11.1 Å². The summed E-state index contributed by atoms with van der Waals surface area (Å²) in [5.41, 5.74) is 5.53. The first-order valence-corrected chi connectivity index (χ1v) is 5.63. The van der Waals surface area contributed by atoms with Gasteiger partial charge < -0.3 is 11.1 Å². The van der Waals surface area contributed by atoms with Crippen LogP contribution >= 0.6 is 0 Å². The zero-order valence-corrected chi connectivity index (χ0v) is 10.7. The highest BCUT2D eigenvalue weighted by Gasteiger charge is 2.28. The van der Waals surface area contributed by atoms with Crippen molar-refractivity contribution >= 4 is 17.3 Å². The number of carbonyl (C=O) groups excluding carboxylic acids is 1. The number of nitro benzene ring substituents is 1. The lowest BCUT2D eigenvalue weighted by atomic mass is 9.99. The summed E-state index contributed by atoms with van der Waals surface area (Å²) in [6, 6.07) is 4.62. The Bertz CT molecular complexity index is 483. The summed E-state index contributed by atoms with van der Waals surface area (Å²) < 4.78 is 0. The molecule has 0 bridgehead atoms. The van der Waals surface area contributed by atoms with Crippen molar-refractivity contribution in [1.29, 1.82) is 0 Å². The van der Waals surface area contributed by atoms with Crippen molar-refractivity contribution < 1.29 is 9.72 Å². The number of nitrogens with one attached hydrogen (secondary N) is 1. The van der Waals surface area contributed by atoms with Crippen LogP contribution in [0.25, 0.3) is 0 Å². The van der Waals surface area contributed by atoms with E-state index < -0.39 is 16.4 Å². The number of aryl methyl sites for hydroxylation is 1. The monoisotopic (exact) mass is 251 g/mol. The molecule has 1 aromatic rings. The maximum absolute atomic E-state index is 11.9. The Kier molecular flexibility index (Phi) is 4.03. The molecule has 6 heteroatoms. The fourth-order valence-corrected chi connectivity index (χ4v) is 1.32. The number of nitrogens with zero attached hydrogens (tertiary/aromatic N) is 1. The SMILES string of the molecule is CCC(C)(N)C(=O)Nc1ccc(C)cc1[N+](=O)[O-]. The highest BCUT2D eigenvalue weighted by Crippen LogP contribution is 2.26. The Labute approximate surface area is 105 Å². The first kappa shape index (κ1) is 14.1. The van der Waals surface area contributed by atoms with Gasteiger partial charge in [0.15, 0.2) is 0 Å². The summed E-state index contributed by atoms with van der Waals surface area (Å²) in [5, 5.41) is 13.4. The summed E-state index contributed by atoms with van der Waals surface area (Å²) in [4.78, 5) is 22.2. The molecule has 1 unspecified atom stereocenters. The molecular weight excluding hydrogens is 234 g/mol. The molecule has 98 valence electrons. The number of hydrogen-bond acceptors (Lipinski definition) is 4. The van der Waals surface area contributed by atoms with Crippen molar-refractivity contribution in [2.75, 3.05) is 5.32 Å². The van der Waals surface area contributed by atoms with Gasteiger partial charge in [0.25, 0.3) is 5.69 Å². The van der Waals surface area contributed by atoms with Gasteiger partial charge in [-0.05, 0) is 31.9 Å². The van der Waals surface area contributed by atoms with E-state index in [1.807, 2.05) is 0 Å². The molecule has 18 heavy (non-hydrogen) atoms. The molecule has 0 fully saturated rings. The van der Waals surface area contributed by atoms with Gasteiger partial charge >= 0.3 is 0 Å². The lowest BCUT2D eigenvalue weighted by Gasteiger charge is -2.21. The van der Waals surface area contributed by atoms with Gasteiger partial charge in [0.05, 0.1) is 10.5 Å². The van der Waals surface area contributed by atoms with E-state index in [9.17, 15) is 14.9 Å². The highest BCUT2D eigenvalue weighted by molar-refractivity contribution is 5.99. The molecule has 0 radical (unpaired) electrons. The first-order valence-electron chi connectivity index (χ1n) is 5.63. The maximum atomic E-state index is 11.9. The predicted octanol–water partition coefficient (Wildman–Crippen LogP) is 1.97. The second-order valence-electron chi connectivity index (χ2n) is 4.50. The summed E-state index contributed by atoms with van der Waals surface area (Å²) in [6.45, 7) is 5.11. The molecule has 1 atom stereocenters. The topological polar surface area (TPSA) is 98.3 Å². The number of amides is 1. The van der Waals surface area contributed by atoms with Gasteiger partial charge in [-0.3, -0.25) is 14.9 Å². The van der Waals surface area contributed by atoms with E-state index in [1.165, 1.54) is 12.1 Å². The molecule has 0 heterocycles. The van der Waals surface area contributed by atoms with Crippen molar-refractivity contribution in [1.82, 2.24) is 0 Å². The number of nitrogens with two attached hydrogens (primary N) is 1. The van der Waals surface area contributed by atoms with E-state index >= 15 is 0 Å². The fraction of sp³-hybridized carbons (Fsp3) is 0.417. The Morgan fingerprint density at radius 1 is 1.56 bits per heavy atom. The standard InChI is InChI=1S/C12H17N3O3/c1-4-12(3,13)11(16)14-9-6-5-8(2)7-10(9)15(17)18/h5-7H,4,13H2,1-3H3,(H,14,16). The summed E-state index contributed by atoms with van der Waals surface area (Å²) in [6.07, 6.45) is 0.443. The number of anilines is 1. The average Bonchev–Trinajstić information content (AvgIpc) is 2.31. The van der Waals surface area contributed by atoms with Crippen molar-refractivity contribution in [2.45, 2.75) is 32.7 Å². The third kappa shape index (κ3) is 3.04. The molecule has 0 aliphatic heterocycles. The van der Waals surface area contributed by atoms with E-state index in [1.54, 1.807) is 26.8 Å². The largest absolute Gasteiger partial charge is 0.319 e. The van der Waals surface area contributed by atoms with Crippen LogP contribution in [0, 0.1) is 17.0 Å². The van der Waals surface area contributed by atoms with Crippen LogP contribution in [0.5, 0.6) is 0 Å². The maximum Gasteiger partial charge on any atom is 0.293 e. The highest BCUT2D eigenvalue weighted by atomic mass is 16.6. The first-order chi connectivity index (χ1) is 8.27. The van der Waals surface area contributed by atoms with E-state index in [4.69, 9.17) is 5.73 Å². The lowest BCUT2D eigenvalue weighted by molar-refractivity contribution is -0.384. The quantitative estimate of drug-likeness (QED) is 0.631. The minimum absolute atomic E-state index is 0.129. The van der Waals surface area contributed by atoms with Crippen LogP contribution in [0.2, 0.25) is 0 Å². The smallest absolute Gasteiger partial charge is 0.293 e. The molecule has 1 rings (SSSR count). The molecule has 0 aromatic heterocycles. The van der Waals surface area contributed by atoms with Crippen LogP contribution in [0.1, 0.15) is 25.8 Å². The minimum atomic E-state index is -1.04. The van der Waals surface area contributed by atoms with Crippen LogP contribution in [0.15, 0.2) is 18.2 Å². The van der Waals surface area contributed by atoms with E-state index in [0.717, 1.165) is 5.56 Å².